The van der Waals surface area contributed by atoms with E-state index >= 15 is 0 Å². The molecule has 0 spiro atoms. The minimum atomic E-state index is -0.844. The molecule has 1 aromatic rings. The summed E-state index contributed by atoms with van der Waals surface area (Å²) in [5, 5.41) is 11.7. The third-order valence-electron chi connectivity index (χ3n) is 3.27. The zero-order valence-corrected chi connectivity index (χ0v) is 13.0. The molecule has 1 heterocycles. The molecule has 0 saturated heterocycles. The maximum absolute atomic E-state index is 12.1. The number of amides is 1. The van der Waals surface area contributed by atoms with E-state index in [9.17, 15) is 9.59 Å². The van der Waals surface area contributed by atoms with Gasteiger partial charge in [0.15, 0.2) is 5.75 Å². The molecule has 1 fully saturated rings. The number of carbonyl (C=O) groups is 2. The van der Waals surface area contributed by atoms with E-state index in [0.717, 1.165) is 9.35 Å². The summed E-state index contributed by atoms with van der Waals surface area (Å²) in [5.74, 6) is -0.633. The van der Waals surface area contributed by atoms with Crippen LogP contribution < -0.4 is 10.1 Å². The predicted molar refractivity (Wildman–Crippen MR) is 74.9 cm³/mol. The van der Waals surface area contributed by atoms with Gasteiger partial charge in [-0.05, 0) is 35.7 Å². The molecule has 1 saturated carbocycles. The molecule has 1 aliphatic rings. The minimum Gasteiger partial charge on any atom is -0.494 e. The Kier molecular flexibility index (Phi) is 3.87. The van der Waals surface area contributed by atoms with Gasteiger partial charge in [0, 0.05) is 11.4 Å². The number of nitrogens with one attached hydrogen (secondary N) is 1. The molecule has 104 valence electrons. The van der Waals surface area contributed by atoms with Crippen molar-refractivity contribution in [1.29, 1.82) is 0 Å². The summed E-state index contributed by atoms with van der Waals surface area (Å²) in [6, 6.07) is 0. The van der Waals surface area contributed by atoms with Crippen LogP contribution in [-0.2, 0) is 4.79 Å². The first-order chi connectivity index (χ1) is 8.91. The van der Waals surface area contributed by atoms with E-state index in [1.165, 1.54) is 18.4 Å². The molecule has 1 amide bonds. The number of ether oxygens (including phenoxy) is 1. The lowest BCUT2D eigenvalue weighted by Gasteiger charge is -2.11. The number of rotatable bonds is 5. The first kappa shape index (κ1) is 14.3. The Morgan fingerprint density at radius 2 is 2.16 bits per heavy atom. The largest absolute Gasteiger partial charge is 0.494 e. The lowest BCUT2D eigenvalue weighted by Crippen LogP contribution is -2.34. The number of halogens is 1. The Bertz CT molecular complexity index is 536. The van der Waals surface area contributed by atoms with E-state index in [-0.39, 0.29) is 12.5 Å². The van der Waals surface area contributed by atoms with Gasteiger partial charge in [0.1, 0.15) is 4.88 Å². The number of methoxy groups -OCH3 is 1. The first-order valence-corrected chi connectivity index (χ1v) is 7.37. The van der Waals surface area contributed by atoms with Crippen molar-refractivity contribution in [2.75, 3.05) is 13.7 Å². The van der Waals surface area contributed by atoms with Crippen LogP contribution in [-0.4, -0.2) is 30.6 Å². The smallest absolute Gasteiger partial charge is 0.311 e. The fourth-order valence-electron chi connectivity index (χ4n) is 1.78. The topological polar surface area (TPSA) is 75.6 Å². The van der Waals surface area contributed by atoms with Crippen molar-refractivity contribution >= 4 is 39.1 Å². The molecular formula is C12H14BrNO4S. The second-order valence-corrected chi connectivity index (χ2v) is 6.62. The number of hydrogen-bond acceptors (Lipinski definition) is 4. The number of thiophene rings is 1. The van der Waals surface area contributed by atoms with Gasteiger partial charge >= 0.3 is 5.97 Å². The number of aliphatic carboxylic acids is 1. The van der Waals surface area contributed by atoms with Gasteiger partial charge in [0.25, 0.3) is 5.91 Å². The molecule has 0 radical (unpaired) electrons. The zero-order valence-electron chi connectivity index (χ0n) is 10.6. The van der Waals surface area contributed by atoms with Gasteiger partial charge < -0.3 is 15.2 Å². The molecule has 2 N–H and O–H groups in total. The van der Waals surface area contributed by atoms with Gasteiger partial charge in [-0.3, -0.25) is 9.59 Å². The Morgan fingerprint density at radius 3 is 2.63 bits per heavy atom. The van der Waals surface area contributed by atoms with E-state index in [2.05, 4.69) is 21.2 Å². The van der Waals surface area contributed by atoms with E-state index in [1.54, 1.807) is 0 Å². The summed E-state index contributed by atoms with van der Waals surface area (Å²) in [4.78, 5) is 24.5. The van der Waals surface area contributed by atoms with Crippen molar-refractivity contribution in [1.82, 2.24) is 5.32 Å². The van der Waals surface area contributed by atoms with E-state index in [4.69, 9.17) is 9.84 Å². The maximum Gasteiger partial charge on any atom is 0.311 e. The lowest BCUT2D eigenvalue weighted by atomic mass is 10.1. The normalized spacial score (nSPS) is 15.9. The van der Waals surface area contributed by atoms with Gasteiger partial charge in [-0.1, -0.05) is 0 Å². The molecule has 0 atom stereocenters. The van der Waals surface area contributed by atoms with Crippen LogP contribution >= 0.6 is 27.3 Å². The summed E-state index contributed by atoms with van der Waals surface area (Å²) in [6.45, 7) is 2.05. The molecule has 2 rings (SSSR count). The summed E-state index contributed by atoms with van der Waals surface area (Å²) in [5.41, 5.74) is -0.758. The highest BCUT2D eigenvalue weighted by Crippen LogP contribution is 2.45. The molecule has 7 heteroatoms. The fourth-order valence-corrected chi connectivity index (χ4v) is 3.45. The summed E-state index contributed by atoms with van der Waals surface area (Å²) >= 11 is 4.69. The maximum atomic E-state index is 12.1. The summed E-state index contributed by atoms with van der Waals surface area (Å²) < 4.78 is 5.97. The monoisotopic (exact) mass is 347 g/mol. The van der Waals surface area contributed by atoms with Crippen molar-refractivity contribution in [3.8, 4) is 5.75 Å². The average molecular weight is 348 g/mol. The highest BCUT2D eigenvalue weighted by molar-refractivity contribution is 9.10. The lowest BCUT2D eigenvalue weighted by molar-refractivity contribution is -0.143. The Labute approximate surface area is 123 Å². The second-order valence-electron chi connectivity index (χ2n) is 4.60. The van der Waals surface area contributed by atoms with Crippen LogP contribution in [0, 0.1) is 12.3 Å². The number of carboxylic acids is 1. The summed E-state index contributed by atoms with van der Waals surface area (Å²) in [7, 11) is 1.50. The van der Waals surface area contributed by atoms with Crippen molar-refractivity contribution in [3.63, 3.8) is 0 Å². The molecule has 19 heavy (non-hydrogen) atoms. The second kappa shape index (κ2) is 5.13. The first-order valence-electron chi connectivity index (χ1n) is 5.76. The molecule has 0 bridgehead atoms. The van der Waals surface area contributed by atoms with E-state index < -0.39 is 11.4 Å². The molecule has 1 aliphatic carbocycles. The van der Waals surface area contributed by atoms with E-state index in [1.807, 2.05) is 6.92 Å². The Hall–Kier alpha value is -1.08. The number of carboxylic acid groups (broad SMARTS) is 1. The zero-order chi connectivity index (χ0) is 14.2. The van der Waals surface area contributed by atoms with Crippen LogP contribution in [0.3, 0.4) is 0 Å². The van der Waals surface area contributed by atoms with Crippen molar-refractivity contribution < 1.29 is 19.4 Å². The number of carbonyl (C=O) groups excluding carboxylic acids is 1. The van der Waals surface area contributed by atoms with Crippen LogP contribution in [0.5, 0.6) is 5.75 Å². The van der Waals surface area contributed by atoms with Crippen LogP contribution in [0.4, 0.5) is 0 Å². The molecule has 0 aromatic carbocycles. The third kappa shape index (κ3) is 2.62. The van der Waals surface area contributed by atoms with Crippen molar-refractivity contribution in [2.24, 2.45) is 5.41 Å². The van der Waals surface area contributed by atoms with Gasteiger partial charge in [-0.2, -0.15) is 0 Å². The number of hydrogen-bond donors (Lipinski definition) is 2. The molecule has 1 aromatic heterocycles. The van der Waals surface area contributed by atoms with Crippen LogP contribution in [0.2, 0.25) is 0 Å². The van der Waals surface area contributed by atoms with Gasteiger partial charge in [-0.15, -0.1) is 11.3 Å². The fraction of sp³-hybridized carbons (Fsp3) is 0.500. The quantitative estimate of drug-likeness (QED) is 0.857. The van der Waals surface area contributed by atoms with Crippen LogP contribution in [0.15, 0.2) is 4.47 Å². The average Bonchev–Trinajstić information content (AvgIpc) is 3.11. The predicted octanol–water partition coefficient (Wildman–Crippen LogP) is 2.42. The molecule has 0 unspecified atom stereocenters. The van der Waals surface area contributed by atoms with Gasteiger partial charge in [-0.25, -0.2) is 0 Å². The van der Waals surface area contributed by atoms with Gasteiger partial charge in [0.2, 0.25) is 0 Å². The SMILES string of the molecule is COc1c(C(=O)NCC2(C(=O)O)CC2)sc(C)c1Br. The molecule has 0 aliphatic heterocycles. The van der Waals surface area contributed by atoms with Gasteiger partial charge in [0.05, 0.1) is 17.0 Å². The third-order valence-corrected chi connectivity index (χ3v) is 5.58. The molecule has 5 nitrogen and oxygen atoms in total. The molecular weight excluding hydrogens is 334 g/mol. The van der Waals surface area contributed by atoms with Crippen LogP contribution in [0.1, 0.15) is 27.4 Å². The standard InChI is InChI=1S/C12H14BrNO4S/c1-6-7(13)8(18-2)9(19-6)10(15)14-5-12(3-4-12)11(16)17/h3-5H2,1-2H3,(H,14,15)(H,16,17). The number of aryl methyl sites for hydroxylation is 1. The van der Waals surface area contributed by atoms with E-state index in [0.29, 0.717) is 23.5 Å². The summed E-state index contributed by atoms with van der Waals surface area (Å²) in [6.07, 6.45) is 1.24. The van der Waals surface area contributed by atoms with Crippen LogP contribution in [0.25, 0.3) is 0 Å². The highest BCUT2D eigenvalue weighted by atomic mass is 79.9. The Morgan fingerprint density at radius 1 is 1.53 bits per heavy atom. The minimum absolute atomic E-state index is 0.166. The van der Waals surface area contributed by atoms with Crippen molar-refractivity contribution in [3.05, 3.63) is 14.2 Å². The highest BCUT2D eigenvalue weighted by Gasteiger charge is 2.50. The van der Waals surface area contributed by atoms with Crippen molar-refractivity contribution in [2.45, 2.75) is 19.8 Å². The Balaban J connectivity index is 2.09.